The number of carbonyl (C=O) groups is 1. The van der Waals surface area contributed by atoms with Crippen LogP contribution >= 0.6 is 0 Å². The smallest absolute Gasteiger partial charge is 0.319 e. The molecule has 1 aliphatic rings. The maximum atomic E-state index is 12.6. The predicted octanol–water partition coefficient (Wildman–Crippen LogP) is 3.27. The summed E-state index contributed by atoms with van der Waals surface area (Å²) in [7, 11) is 3.77. The highest BCUT2D eigenvalue weighted by Crippen LogP contribution is 2.29. The minimum atomic E-state index is -0.224. The van der Waals surface area contributed by atoms with Crippen LogP contribution in [-0.2, 0) is 0 Å². The molecule has 1 aromatic rings. The molecular weight excluding hydrogens is 368 g/mol. The van der Waals surface area contributed by atoms with Crippen LogP contribution in [0, 0.1) is 5.92 Å². The van der Waals surface area contributed by atoms with Crippen molar-refractivity contribution in [3.8, 4) is 11.5 Å². The van der Waals surface area contributed by atoms with Gasteiger partial charge in [0.25, 0.3) is 0 Å². The molecule has 1 heterocycles. The van der Waals surface area contributed by atoms with Gasteiger partial charge in [0, 0.05) is 44.8 Å². The Bertz CT molecular complexity index is 630. The second-order valence-electron chi connectivity index (χ2n) is 8.05. The van der Waals surface area contributed by atoms with Crippen molar-refractivity contribution in [1.82, 2.24) is 15.1 Å². The zero-order valence-corrected chi connectivity index (χ0v) is 18.7. The second-order valence-corrected chi connectivity index (χ2v) is 8.05. The molecule has 0 aliphatic carbocycles. The Kier molecular flexibility index (Phi) is 9.54. The van der Waals surface area contributed by atoms with Gasteiger partial charge in [-0.1, -0.05) is 27.2 Å². The molecule has 1 saturated heterocycles. The third-order valence-electron chi connectivity index (χ3n) is 5.44. The molecule has 7 heteroatoms. The molecule has 0 spiro atoms. The fourth-order valence-corrected chi connectivity index (χ4v) is 3.49. The monoisotopic (exact) mass is 406 g/mol. The quantitative estimate of drug-likeness (QED) is 0.584. The number of nitrogens with one attached hydrogen (secondary N) is 2. The average Bonchev–Trinajstić information content (AvgIpc) is 2.70. The summed E-state index contributed by atoms with van der Waals surface area (Å²) in [6.45, 7) is 12.0. The standard InChI is InChI=1S/C22H38N4O3/c1-6-7-14-29-21-9-8-18(28-5)15-19(21)24-22(27)23-16-20(17(2)3)26-12-10-25(4)11-13-26/h8-9,15,17,20H,6-7,10-14,16H2,1-5H3,(H2,23,24,27). The van der Waals surface area contributed by atoms with Gasteiger partial charge < -0.3 is 25.0 Å². The van der Waals surface area contributed by atoms with Crippen LogP contribution in [0.3, 0.4) is 0 Å². The zero-order chi connectivity index (χ0) is 21.2. The third kappa shape index (κ3) is 7.40. The van der Waals surface area contributed by atoms with Gasteiger partial charge in [0.1, 0.15) is 11.5 Å². The topological polar surface area (TPSA) is 66.1 Å². The highest BCUT2D eigenvalue weighted by Gasteiger charge is 2.25. The Labute approximate surface area is 175 Å². The number of ether oxygens (including phenoxy) is 2. The number of piperazine rings is 1. The van der Waals surface area contributed by atoms with Gasteiger partial charge in [-0.25, -0.2) is 4.79 Å². The fraction of sp³-hybridized carbons (Fsp3) is 0.682. The fourth-order valence-electron chi connectivity index (χ4n) is 3.49. The Morgan fingerprint density at radius 3 is 2.55 bits per heavy atom. The van der Waals surface area contributed by atoms with Gasteiger partial charge in [-0.05, 0) is 31.5 Å². The molecular formula is C22H38N4O3. The summed E-state index contributed by atoms with van der Waals surface area (Å²) in [5.74, 6) is 1.80. The zero-order valence-electron chi connectivity index (χ0n) is 18.7. The molecule has 1 aliphatic heterocycles. The number of carbonyl (C=O) groups excluding carboxylic acids is 1. The summed E-state index contributed by atoms with van der Waals surface area (Å²) in [6, 6.07) is 5.57. The third-order valence-corrected chi connectivity index (χ3v) is 5.44. The number of hydrogen-bond donors (Lipinski definition) is 2. The molecule has 2 rings (SSSR count). The van der Waals surface area contributed by atoms with E-state index < -0.39 is 0 Å². The number of benzene rings is 1. The number of hydrogen-bond acceptors (Lipinski definition) is 5. The second kappa shape index (κ2) is 11.9. The molecule has 29 heavy (non-hydrogen) atoms. The molecule has 0 aromatic heterocycles. The van der Waals surface area contributed by atoms with Crippen molar-refractivity contribution in [2.45, 2.75) is 39.7 Å². The number of anilines is 1. The molecule has 2 amide bonds. The largest absolute Gasteiger partial charge is 0.497 e. The van der Waals surface area contributed by atoms with E-state index >= 15 is 0 Å². The Morgan fingerprint density at radius 2 is 1.93 bits per heavy atom. The Balaban J connectivity index is 1.96. The van der Waals surface area contributed by atoms with Gasteiger partial charge in [-0.3, -0.25) is 4.90 Å². The first-order valence-corrected chi connectivity index (χ1v) is 10.7. The first kappa shape index (κ1) is 23.3. The van der Waals surface area contributed by atoms with Gasteiger partial charge in [-0.15, -0.1) is 0 Å². The molecule has 1 atom stereocenters. The van der Waals surface area contributed by atoms with Crippen molar-refractivity contribution in [3.63, 3.8) is 0 Å². The van der Waals surface area contributed by atoms with E-state index in [9.17, 15) is 4.79 Å². The van der Waals surface area contributed by atoms with Crippen LogP contribution in [0.2, 0.25) is 0 Å². The van der Waals surface area contributed by atoms with Crippen molar-refractivity contribution in [2.24, 2.45) is 5.92 Å². The van der Waals surface area contributed by atoms with Gasteiger partial charge in [0.05, 0.1) is 19.4 Å². The van der Waals surface area contributed by atoms with Crippen molar-refractivity contribution in [3.05, 3.63) is 18.2 Å². The van der Waals surface area contributed by atoms with E-state index in [1.807, 2.05) is 12.1 Å². The Hall–Kier alpha value is -1.99. The van der Waals surface area contributed by atoms with Gasteiger partial charge >= 0.3 is 6.03 Å². The molecule has 1 unspecified atom stereocenters. The van der Waals surface area contributed by atoms with Crippen molar-refractivity contribution in [2.75, 3.05) is 58.8 Å². The number of likely N-dealkylation sites (N-methyl/N-ethyl adjacent to an activating group) is 1. The lowest BCUT2D eigenvalue weighted by atomic mass is 10.0. The molecule has 0 saturated carbocycles. The first-order chi connectivity index (χ1) is 13.9. The van der Waals surface area contributed by atoms with Gasteiger partial charge in [0.15, 0.2) is 0 Å². The summed E-state index contributed by atoms with van der Waals surface area (Å²) in [5, 5.41) is 5.99. The number of urea groups is 1. The van der Waals surface area contributed by atoms with E-state index in [4.69, 9.17) is 9.47 Å². The highest BCUT2D eigenvalue weighted by molar-refractivity contribution is 5.91. The predicted molar refractivity (Wildman–Crippen MR) is 118 cm³/mol. The van der Waals surface area contributed by atoms with E-state index in [0.29, 0.717) is 42.3 Å². The molecule has 2 N–H and O–H groups in total. The molecule has 7 nitrogen and oxygen atoms in total. The van der Waals surface area contributed by atoms with Crippen LogP contribution in [-0.4, -0.2) is 75.4 Å². The van der Waals surface area contributed by atoms with E-state index in [2.05, 4.69) is 48.3 Å². The SMILES string of the molecule is CCCCOc1ccc(OC)cc1NC(=O)NCC(C(C)C)N1CCN(C)CC1. The molecule has 1 fully saturated rings. The van der Waals surface area contributed by atoms with Crippen LogP contribution in [0.4, 0.5) is 10.5 Å². The number of amides is 2. The maximum absolute atomic E-state index is 12.6. The number of rotatable bonds is 10. The van der Waals surface area contributed by atoms with Gasteiger partial charge in [-0.2, -0.15) is 0 Å². The van der Waals surface area contributed by atoms with Crippen LogP contribution in [0.1, 0.15) is 33.6 Å². The maximum Gasteiger partial charge on any atom is 0.319 e. The normalized spacial score (nSPS) is 16.5. The van der Waals surface area contributed by atoms with Crippen molar-refractivity contribution >= 4 is 11.7 Å². The van der Waals surface area contributed by atoms with Crippen LogP contribution in [0.5, 0.6) is 11.5 Å². The average molecular weight is 407 g/mol. The number of unbranched alkanes of at least 4 members (excludes halogenated alkanes) is 1. The molecule has 164 valence electrons. The van der Waals surface area contributed by atoms with Crippen molar-refractivity contribution in [1.29, 1.82) is 0 Å². The van der Waals surface area contributed by atoms with E-state index in [1.54, 1.807) is 13.2 Å². The molecule has 1 aromatic carbocycles. The summed E-state index contributed by atoms with van der Waals surface area (Å²) >= 11 is 0. The molecule has 0 radical (unpaired) electrons. The van der Waals surface area contributed by atoms with Crippen LogP contribution in [0.25, 0.3) is 0 Å². The summed E-state index contributed by atoms with van der Waals surface area (Å²) in [5.41, 5.74) is 0.624. The summed E-state index contributed by atoms with van der Waals surface area (Å²) in [4.78, 5) is 17.4. The van der Waals surface area contributed by atoms with E-state index in [1.165, 1.54) is 0 Å². The van der Waals surface area contributed by atoms with Crippen LogP contribution in [0.15, 0.2) is 18.2 Å². The van der Waals surface area contributed by atoms with E-state index in [0.717, 1.165) is 39.0 Å². The highest BCUT2D eigenvalue weighted by atomic mass is 16.5. The summed E-state index contributed by atoms with van der Waals surface area (Å²) < 4.78 is 11.1. The lowest BCUT2D eigenvalue weighted by Crippen LogP contribution is -2.54. The first-order valence-electron chi connectivity index (χ1n) is 10.7. The van der Waals surface area contributed by atoms with E-state index in [-0.39, 0.29) is 6.03 Å². The number of methoxy groups -OCH3 is 1. The minimum Gasteiger partial charge on any atom is -0.497 e. The summed E-state index contributed by atoms with van der Waals surface area (Å²) in [6.07, 6.45) is 2.03. The number of nitrogens with zero attached hydrogens (tertiary/aromatic N) is 2. The van der Waals surface area contributed by atoms with Crippen LogP contribution < -0.4 is 20.1 Å². The lowest BCUT2D eigenvalue weighted by molar-refractivity contribution is 0.0890. The molecule has 0 bridgehead atoms. The minimum absolute atomic E-state index is 0.224. The van der Waals surface area contributed by atoms with Crippen molar-refractivity contribution < 1.29 is 14.3 Å². The van der Waals surface area contributed by atoms with Gasteiger partial charge in [0.2, 0.25) is 0 Å². The Morgan fingerprint density at radius 1 is 1.21 bits per heavy atom. The lowest BCUT2D eigenvalue weighted by Gasteiger charge is -2.39.